The molecule has 1 aromatic heterocycles. The van der Waals surface area contributed by atoms with Gasteiger partial charge in [-0.05, 0) is 43.2 Å². The smallest absolute Gasteiger partial charge is 0.354 e. The number of nitrogens with one attached hydrogen (secondary N) is 1. The number of carbonyl (C=O) groups is 2. The summed E-state index contributed by atoms with van der Waals surface area (Å²) in [5.74, 6) is -1.52. The number of hydrogen-bond acceptors (Lipinski definition) is 3. The quantitative estimate of drug-likeness (QED) is 0.898. The second-order valence-corrected chi connectivity index (χ2v) is 4.44. The SMILES string of the molecule is Cc1cccc(NC(=O)c2ccnc(C(=O)O)c2)c1C. The van der Waals surface area contributed by atoms with Crippen molar-refractivity contribution in [3.05, 3.63) is 58.9 Å². The van der Waals surface area contributed by atoms with Crippen molar-refractivity contribution in [2.24, 2.45) is 0 Å². The van der Waals surface area contributed by atoms with Gasteiger partial charge in [0.1, 0.15) is 5.69 Å². The lowest BCUT2D eigenvalue weighted by atomic mass is 10.1. The topological polar surface area (TPSA) is 79.3 Å². The minimum absolute atomic E-state index is 0.154. The van der Waals surface area contributed by atoms with Gasteiger partial charge in [-0.2, -0.15) is 0 Å². The third kappa shape index (κ3) is 2.83. The highest BCUT2D eigenvalue weighted by molar-refractivity contribution is 6.05. The van der Waals surface area contributed by atoms with Crippen LogP contribution in [-0.4, -0.2) is 22.0 Å². The second-order valence-electron chi connectivity index (χ2n) is 4.44. The Balaban J connectivity index is 2.26. The van der Waals surface area contributed by atoms with E-state index in [4.69, 9.17) is 5.11 Å². The third-order valence-electron chi connectivity index (χ3n) is 3.09. The number of aromatic carboxylic acids is 1. The second kappa shape index (κ2) is 5.52. The summed E-state index contributed by atoms with van der Waals surface area (Å²) < 4.78 is 0. The average Bonchev–Trinajstić information content (AvgIpc) is 2.44. The van der Waals surface area contributed by atoms with Crippen LogP contribution in [0.15, 0.2) is 36.5 Å². The number of benzene rings is 1. The molecule has 0 atom stereocenters. The molecular formula is C15H14N2O3. The van der Waals surface area contributed by atoms with Crippen molar-refractivity contribution in [2.75, 3.05) is 5.32 Å². The molecule has 2 N–H and O–H groups in total. The Labute approximate surface area is 116 Å². The zero-order chi connectivity index (χ0) is 14.7. The molecule has 0 saturated heterocycles. The summed E-state index contributed by atoms with van der Waals surface area (Å²) in [4.78, 5) is 26.6. The molecule has 1 aromatic carbocycles. The molecule has 0 unspecified atom stereocenters. The molecule has 5 heteroatoms. The Kier molecular flexibility index (Phi) is 3.79. The molecule has 20 heavy (non-hydrogen) atoms. The van der Waals surface area contributed by atoms with Gasteiger partial charge in [-0.25, -0.2) is 9.78 Å². The van der Waals surface area contributed by atoms with Crippen molar-refractivity contribution in [1.29, 1.82) is 0 Å². The maximum atomic E-state index is 12.1. The maximum Gasteiger partial charge on any atom is 0.354 e. The molecule has 0 saturated carbocycles. The van der Waals surface area contributed by atoms with E-state index in [0.29, 0.717) is 5.69 Å². The largest absolute Gasteiger partial charge is 0.477 e. The first-order chi connectivity index (χ1) is 9.49. The number of aromatic nitrogens is 1. The average molecular weight is 270 g/mol. The van der Waals surface area contributed by atoms with Crippen molar-refractivity contribution in [2.45, 2.75) is 13.8 Å². The summed E-state index contributed by atoms with van der Waals surface area (Å²) in [6.45, 7) is 3.88. The molecule has 0 aliphatic heterocycles. The fraction of sp³-hybridized carbons (Fsp3) is 0.133. The number of carboxylic acids is 1. The van der Waals surface area contributed by atoms with Gasteiger partial charge < -0.3 is 10.4 Å². The van der Waals surface area contributed by atoms with Gasteiger partial charge in [0.2, 0.25) is 0 Å². The van der Waals surface area contributed by atoms with Crippen LogP contribution >= 0.6 is 0 Å². The zero-order valence-corrected chi connectivity index (χ0v) is 11.2. The number of hydrogen-bond donors (Lipinski definition) is 2. The first-order valence-electron chi connectivity index (χ1n) is 6.06. The van der Waals surface area contributed by atoms with E-state index in [1.54, 1.807) is 6.07 Å². The predicted molar refractivity (Wildman–Crippen MR) is 75.1 cm³/mol. The molecule has 1 heterocycles. The van der Waals surface area contributed by atoms with Gasteiger partial charge in [-0.15, -0.1) is 0 Å². The van der Waals surface area contributed by atoms with E-state index in [2.05, 4.69) is 10.3 Å². The molecule has 102 valence electrons. The molecule has 5 nitrogen and oxygen atoms in total. The minimum Gasteiger partial charge on any atom is -0.477 e. The maximum absolute atomic E-state index is 12.1. The number of carbonyl (C=O) groups excluding carboxylic acids is 1. The molecule has 0 aliphatic rings. The van der Waals surface area contributed by atoms with E-state index in [1.807, 2.05) is 26.0 Å². The molecule has 1 amide bonds. The third-order valence-corrected chi connectivity index (χ3v) is 3.09. The van der Waals surface area contributed by atoms with Crippen molar-refractivity contribution in [3.63, 3.8) is 0 Å². The summed E-state index contributed by atoms with van der Waals surface area (Å²) in [7, 11) is 0. The first-order valence-corrected chi connectivity index (χ1v) is 6.06. The number of nitrogens with zero attached hydrogens (tertiary/aromatic N) is 1. The lowest BCUT2D eigenvalue weighted by Gasteiger charge is -2.10. The molecule has 0 aliphatic carbocycles. The van der Waals surface area contributed by atoms with E-state index in [1.165, 1.54) is 18.3 Å². The van der Waals surface area contributed by atoms with Crippen molar-refractivity contribution >= 4 is 17.6 Å². The molecule has 0 spiro atoms. The molecule has 2 aromatic rings. The number of aryl methyl sites for hydroxylation is 1. The molecule has 0 fully saturated rings. The van der Waals surface area contributed by atoms with Crippen molar-refractivity contribution in [3.8, 4) is 0 Å². The lowest BCUT2D eigenvalue weighted by molar-refractivity contribution is 0.0690. The van der Waals surface area contributed by atoms with Gasteiger partial charge in [0.15, 0.2) is 0 Å². The van der Waals surface area contributed by atoms with Gasteiger partial charge in [0, 0.05) is 17.4 Å². The first kappa shape index (κ1) is 13.7. The minimum atomic E-state index is -1.16. The standard InChI is InChI=1S/C15H14N2O3/c1-9-4-3-5-12(10(9)2)17-14(18)11-6-7-16-13(8-11)15(19)20/h3-8H,1-2H3,(H,17,18)(H,19,20). The molecule has 2 rings (SSSR count). The zero-order valence-electron chi connectivity index (χ0n) is 11.2. The number of anilines is 1. The van der Waals surface area contributed by atoms with Crippen LogP contribution in [0.3, 0.4) is 0 Å². The molecular weight excluding hydrogens is 256 g/mol. The number of pyridine rings is 1. The van der Waals surface area contributed by atoms with Crippen LogP contribution in [-0.2, 0) is 0 Å². The summed E-state index contributed by atoms with van der Waals surface area (Å²) in [6.07, 6.45) is 1.31. The summed E-state index contributed by atoms with van der Waals surface area (Å²) in [6, 6.07) is 8.35. The number of rotatable bonds is 3. The van der Waals surface area contributed by atoms with Crippen LogP contribution in [0.2, 0.25) is 0 Å². The lowest BCUT2D eigenvalue weighted by Crippen LogP contribution is -2.14. The Morgan fingerprint density at radius 2 is 1.95 bits per heavy atom. The number of carboxylic acid groups (broad SMARTS) is 1. The van der Waals surface area contributed by atoms with Crippen LogP contribution in [0, 0.1) is 13.8 Å². The van der Waals surface area contributed by atoms with Crippen LogP contribution in [0.4, 0.5) is 5.69 Å². The highest BCUT2D eigenvalue weighted by atomic mass is 16.4. The van der Waals surface area contributed by atoms with Gasteiger partial charge in [0.05, 0.1) is 0 Å². The Morgan fingerprint density at radius 1 is 1.20 bits per heavy atom. The molecule has 0 bridgehead atoms. The monoisotopic (exact) mass is 270 g/mol. The van der Waals surface area contributed by atoms with Crippen molar-refractivity contribution in [1.82, 2.24) is 4.98 Å². The highest BCUT2D eigenvalue weighted by Crippen LogP contribution is 2.18. The van der Waals surface area contributed by atoms with E-state index in [9.17, 15) is 9.59 Å². The van der Waals surface area contributed by atoms with Gasteiger partial charge >= 0.3 is 5.97 Å². The Morgan fingerprint density at radius 3 is 2.65 bits per heavy atom. The van der Waals surface area contributed by atoms with E-state index in [0.717, 1.165) is 11.1 Å². The summed E-state index contributed by atoms with van der Waals surface area (Å²) >= 11 is 0. The van der Waals surface area contributed by atoms with Crippen LogP contribution < -0.4 is 5.32 Å². The normalized spacial score (nSPS) is 10.1. The van der Waals surface area contributed by atoms with E-state index >= 15 is 0 Å². The van der Waals surface area contributed by atoms with Crippen LogP contribution in [0.25, 0.3) is 0 Å². The summed E-state index contributed by atoms with van der Waals surface area (Å²) in [5.41, 5.74) is 2.87. The predicted octanol–water partition coefficient (Wildman–Crippen LogP) is 2.65. The summed E-state index contributed by atoms with van der Waals surface area (Å²) in [5, 5.41) is 11.6. The van der Waals surface area contributed by atoms with Gasteiger partial charge in [-0.1, -0.05) is 12.1 Å². The molecule has 0 radical (unpaired) electrons. The Bertz CT molecular complexity index is 681. The number of amides is 1. The fourth-order valence-electron chi connectivity index (χ4n) is 1.77. The van der Waals surface area contributed by atoms with E-state index in [-0.39, 0.29) is 17.2 Å². The highest BCUT2D eigenvalue weighted by Gasteiger charge is 2.12. The fourth-order valence-corrected chi connectivity index (χ4v) is 1.77. The Hall–Kier alpha value is -2.69. The van der Waals surface area contributed by atoms with Gasteiger partial charge in [-0.3, -0.25) is 4.79 Å². The van der Waals surface area contributed by atoms with Crippen molar-refractivity contribution < 1.29 is 14.7 Å². The van der Waals surface area contributed by atoms with Crippen LogP contribution in [0.5, 0.6) is 0 Å². The van der Waals surface area contributed by atoms with Crippen LogP contribution in [0.1, 0.15) is 32.0 Å². The van der Waals surface area contributed by atoms with Gasteiger partial charge in [0.25, 0.3) is 5.91 Å². The van der Waals surface area contributed by atoms with E-state index < -0.39 is 5.97 Å².